The molecule has 0 unspecified atom stereocenters. The summed E-state index contributed by atoms with van der Waals surface area (Å²) >= 11 is 0. The number of hydrazone groups is 1. The van der Waals surface area contributed by atoms with E-state index in [0.29, 0.717) is 34.0 Å². The Morgan fingerprint density at radius 2 is 1.85 bits per heavy atom. The number of nitrogens with zero attached hydrogens (tertiary/aromatic N) is 3. The van der Waals surface area contributed by atoms with Crippen LogP contribution >= 0.6 is 0 Å². The minimum Gasteiger partial charge on any atom is -0.497 e. The number of H-pyrrole nitrogens is 1. The molecule has 8 nitrogen and oxygen atoms in total. The highest BCUT2D eigenvalue weighted by molar-refractivity contribution is 6.01. The molecule has 0 aliphatic carbocycles. The number of hydrogen-bond acceptors (Lipinski definition) is 5. The van der Waals surface area contributed by atoms with Gasteiger partial charge in [0.25, 0.3) is 11.5 Å². The summed E-state index contributed by atoms with van der Waals surface area (Å²) in [7, 11) is 1.58. The molecule has 0 radical (unpaired) electrons. The average Bonchev–Trinajstić information content (AvgIpc) is 3.00. The number of hydrogen-bond donors (Lipinski definition) is 2. The van der Waals surface area contributed by atoms with Gasteiger partial charge in [-0.3, -0.25) is 19.7 Å². The molecule has 3 rings (SSSR count). The summed E-state index contributed by atoms with van der Waals surface area (Å²) in [6.07, 6.45) is 3.05. The second kappa shape index (κ2) is 7.69. The van der Waals surface area contributed by atoms with Crippen molar-refractivity contribution in [2.24, 2.45) is 5.10 Å². The van der Waals surface area contributed by atoms with Crippen molar-refractivity contribution in [2.75, 3.05) is 7.11 Å². The second-order valence-corrected chi connectivity index (χ2v) is 5.82. The molecule has 2 N–H and O–H groups in total. The van der Waals surface area contributed by atoms with Crippen LogP contribution in [-0.2, 0) is 0 Å². The lowest BCUT2D eigenvalue weighted by Gasteiger charge is -2.03. The molecule has 0 aliphatic heterocycles. The molecule has 0 bridgehead atoms. The van der Waals surface area contributed by atoms with Crippen LogP contribution in [-0.4, -0.2) is 33.5 Å². The van der Waals surface area contributed by atoms with Gasteiger partial charge in [-0.15, -0.1) is 0 Å². The zero-order valence-corrected chi connectivity index (χ0v) is 15.2. The standard InChI is InChI=1S/C19H19N5O3/c1-12(21-22-18(25)14-8-10-20-11-9-14)17-13(2)23-24(19(17)26)15-4-6-16(27-3)7-5-15/h4-11,23H,1-3H3,(H,22,25). The molecule has 0 saturated carbocycles. The Labute approximate surface area is 155 Å². The lowest BCUT2D eigenvalue weighted by molar-refractivity contribution is 0.0954. The Hall–Kier alpha value is -3.68. The lowest BCUT2D eigenvalue weighted by atomic mass is 10.2. The minimum absolute atomic E-state index is 0.253. The van der Waals surface area contributed by atoms with E-state index in [4.69, 9.17) is 4.74 Å². The van der Waals surface area contributed by atoms with Gasteiger partial charge in [-0.05, 0) is 50.2 Å². The first-order valence-electron chi connectivity index (χ1n) is 8.22. The number of amides is 1. The third kappa shape index (κ3) is 3.79. The molecule has 3 aromatic rings. The van der Waals surface area contributed by atoms with Gasteiger partial charge in [0.05, 0.1) is 24.1 Å². The molecular formula is C19H19N5O3. The third-order valence-electron chi connectivity index (χ3n) is 4.03. The third-order valence-corrected chi connectivity index (χ3v) is 4.03. The molecule has 2 aromatic heterocycles. The molecule has 8 heteroatoms. The van der Waals surface area contributed by atoms with Crippen LogP contribution < -0.4 is 15.7 Å². The predicted molar refractivity (Wildman–Crippen MR) is 102 cm³/mol. The molecule has 1 aromatic carbocycles. The van der Waals surface area contributed by atoms with Gasteiger partial charge < -0.3 is 4.74 Å². The summed E-state index contributed by atoms with van der Waals surface area (Å²) in [4.78, 5) is 28.8. The average molecular weight is 365 g/mol. The Balaban J connectivity index is 1.87. The summed E-state index contributed by atoms with van der Waals surface area (Å²) in [5.74, 6) is 0.326. The number of nitrogens with one attached hydrogen (secondary N) is 2. The van der Waals surface area contributed by atoms with E-state index in [1.165, 1.54) is 17.1 Å². The zero-order chi connectivity index (χ0) is 19.4. The maximum absolute atomic E-state index is 12.8. The van der Waals surface area contributed by atoms with Crippen LogP contribution in [0, 0.1) is 6.92 Å². The maximum atomic E-state index is 12.8. The van der Waals surface area contributed by atoms with Crippen molar-refractivity contribution in [2.45, 2.75) is 13.8 Å². The fraction of sp³-hybridized carbons (Fsp3) is 0.158. The highest BCUT2D eigenvalue weighted by Crippen LogP contribution is 2.14. The van der Waals surface area contributed by atoms with Gasteiger partial charge in [0.2, 0.25) is 0 Å². The van der Waals surface area contributed by atoms with E-state index in [1.54, 1.807) is 57.4 Å². The SMILES string of the molecule is COc1ccc(-n2[nH]c(C)c(C(C)=NNC(=O)c3ccncc3)c2=O)cc1. The molecule has 0 fully saturated rings. The van der Waals surface area contributed by atoms with Crippen molar-refractivity contribution < 1.29 is 9.53 Å². The van der Waals surface area contributed by atoms with Crippen LogP contribution in [0.15, 0.2) is 58.7 Å². The number of methoxy groups -OCH3 is 1. The van der Waals surface area contributed by atoms with Crippen LogP contribution in [0.4, 0.5) is 0 Å². The van der Waals surface area contributed by atoms with Crippen LogP contribution in [0.2, 0.25) is 0 Å². The van der Waals surface area contributed by atoms with Gasteiger partial charge in [0, 0.05) is 23.7 Å². The highest BCUT2D eigenvalue weighted by Gasteiger charge is 2.15. The minimum atomic E-state index is -0.375. The Morgan fingerprint density at radius 3 is 2.48 bits per heavy atom. The van der Waals surface area contributed by atoms with E-state index in [9.17, 15) is 9.59 Å². The number of aromatic amines is 1. The van der Waals surface area contributed by atoms with Crippen LogP contribution in [0.3, 0.4) is 0 Å². The summed E-state index contributed by atoms with van der Waals surface area (Å²) < 4.78 is 6.56. The Kier molecular flexibility index (Phi) is 5.16. The van der Waals surface area contributed by atoms with Crippen LogP contribution in [0.5, 0.6) is 5.75 Å². The monoisotopic (exact) mass is 365 g/mol. The summed E-state index contributed by atoms with van der Waals surface area (Å²) in [6, 6.07) is 10.3. The first-order valence-corrected chi connectivity index (χ1v) is 8.22. The second-order valence-electron chi connectivity index (χ2n) is 5.82. The first-order chi connectivity index (χ1) is 13.0. The maximum Gasteiger partial charge on any atom is 0.280 e. The molecule has 1 amide bonds. The van der Waals surface area contributed by atoms with E-state index in [1.807, 2.05) is 0 Å². The van der Waals surface area contributed by atoms with Crippen molar-refractivity contribution in [3.05, 3.63) is 76.0 Å². The van der Waals surface area contributed by atoms with Gasteiger partial charge in [-0.25, -0.2) is 10.1 Å². The normalized spacial score (nSPS) is 11.3. The van der Waals surface area contributed by atoms with Crippen molar-refractivity contribution in [3.8, 4) is 11.4 Å². The van der Waals surface area contributed by atoms with E-state index in [0.717, 1.165) is 0 Å². The van der Waals surface area contributed by atoms with Gasteiger partial charge in [0.1, 0.15) is 5.75 Å². The van der Waals surface area contributed by atoms with Gasteiger partial charge in [0.15, 0.2) is 0 Å². The largest absolute Gasteiger partial charge is 0.497 e. The summed E-state index contributed by atoms with van der Waals surface area (Å²) in [6.45, 7) is 3.45. The van der Waals surface area contributed by atoms with Gasteiger partial charge in [-0.2, -0.15) is 5.10 Å². The number of pyridine rings is 1. The predicted octanol–water partition coefficient (Wildman–Crippen LogP) is 2.03. The molecule has 138 valence electrons. The van der Waals surface area contributed by atoms with Gasteiger partial charge in [-0.1, -0.05) is 0 Å². The number of aryl methyl sites for hydroxylation is 1. The topological polar surface area (TPSA) is 101 Å². The molecule has 0 spiro atoms. The quantitative estimate of drug-likeness (QED) is 0.533. The number of ether oxygens (including phenoxy) is 1. The van der Waals surface area contributed by atoms with E-state index in [2.05, 4.69) is 20.6 Å². The highest BCUT2D eigenvalue weighted by atomic mass is 16.5. The van der Waals surface area contributed by atoms with Crippen LogP contribution in [0.1, 0.15) is 28.5 Å². The van der Waals surface area contributed by atoms with Gasteiger partial charge >= 0.3 is 0 Å². The number of carbonyl (C=O) groups is 1. The first kappa shape index (κ1) is 18.1. The Morgan fingerprint density at radius 1 is 1.19 bits per heavy atom. The summed E-state index contributed by atoms with van der Waals surface area (Å²) in [5.41, 5.74) is 4.77. The summed E-state index contributed by atoms with van der Waals surface area (Å²) in [5, 5.41) is 7.10. The smallest absolute Gasteiger partial charge is 0.280 e. The van der Waals surface area contributed by atoms with Crippen molar-refractivity contribution >= 4 is 11.6 Å². The molecule has 0 saturated heterocycles. The lowest BCUT2D eigenvalue weighted by Crippen LogP contribution is -2.23. The van der Waals surface area contributed by atoms with E-state index >= 15 is 0 Å². The fourth-order valence-corrected chi connectivity index (χ4v) is 2.64. The van der Waals surface area contributed by atoms with Crippen molar-refractivity contribution in [1.29, 1.82) is 0 Å². The van der Waals surface area contributed by atoms with Crippen LogP contribution in [0.25, 0.3) is 5.69 Å². The van der Waals surface area contributed by atoms with E-state index in [-0.39, 0.29) is 11.5 Å². The Bertz CT molecular complexity index is 1030. The number of rotatable bonds is 5. The number of benzene rings is 1. The van der Waals surface area contributed by atoms with Crippen molar-refractivity contribution in [1.82, 2.24) is 20.2 Å². The molecular weight excluding hydrogens is 346 g/mol. The molecule has 0 aliphatic rings. The zero-order valence-electron chi connectivity index (χ0n) is 15.2. The molecule has 2 heterocycles. The number of carbonyl (C=O) groups excluding carboxylic acids is 1. The molecule has 27 heavy (non-hydrogen) atoms. The van der Waals surface area contributed by atoms with E-state index < -0.39 is 0 Å². The number of aromatic nitrogens is 3. The van der Waals surface area contributed by atoms with Crippen molar-refractivity contribution in [3.63, 3.8) is 0 Å². The molecule has 0 atom stereocenters. The fourth-order valence-electron chi connectivity index (χ4n) is 2.64.